The zero-order chi connectivity index (χ0) is 18.4. The third-order valence-corrected chi connectivity index (χ3v) is 7.19. The molecule has 2 saturated carbocycles. The molecule has 6 nitrogen and oxygen atoms in total. The van der Waals surface area contributed by atoms with Crippen molar-refractivity contribution >= 4 is 24.1 Å². The number of imide groups is 2. The molecular weight excluding hydrogens is 318 g/mol. The van der Waals surface area contributed by atoms with E-state index < -0.39 is 23.8 Å². The van der Waals surface area contributed by atoms with Gasteiger partial charge in [-0.05, 0) is 42.4 Å². The smallest absolute Gasteiger partial charge is 0.292 e. The molecule has 3 rings (SSSR count). The third-order valence-electron chi connectivity index (χ3n) is 7.19. The molecule has 1 saturated heterocycles. The highest BCUT2D eigenvalue weighted by Crippen LogP contribution is 2.66. The van der Waals surface area contributed by atoms with Crippen LogP contribution in [-0.4, -0.2) is 41.5 Å². The largest absolute Gasteiger partial charge is 0.330 e. The van der Waals surface area contributed by atoms with Gasteiger partial charge < -0.3 is 0 Å². The number of barbiturate groups is 1. The van der Waals surface area contributed by atoms with E-state index >= 15 is 0 Å². The topological polar surface area (TPSA) is 78.8 Å². The molecule has 138 valence electrons. The summed E-state index contributed by atoms with van der Waals surface area (Å²) < 4.78 is 0. The Morgan fingerprint density at radius 1 is 1.28 bits per heavy atom. The fourth-order valence-electron chi connectivity index (χ4n) is 4.87. The third kappa shape index (κ3) is 2.70. The minimum atomic E-state index is -0.986. The number of aliphatic imine (C=N–C) groups is 1. The van der Waals surface area contributed by atoms with Crippen molar-refractivity contribution in [2.45, 2.75) is 65.8 Å². The molecule has 4 atom stereocenters. The van der Waals surface area contributed by atoms with Gasteiger partial charge in [0.2, 0.25) is 11.8 Å². The van der Waals surface area contributed by atoms with Crippen molar-refractivity contribution in [1.82, 2.24) is 10.2 Å². The summed E-state index contributed by atoms with van der Waals surface area (Å²) >= 11 is 0. The van der Waals surface area contributed by atoms with E-state index in [0.29, 0.717) is 12.5 Å². The van der Waals surface area contributed by atoms with Gasteiger partial charge in [-0.25, -0.2) is 4.79 Å². The zero-order valence-corrected chi connectivity index (χ0v) is 15.7. The van der Waals surface area contributed by atoms with E-state index in [9.17, 15) is 14.4 Å². The van der Waals surface area contributed by atoms with Gasteiger partial charge >= 0.3 is 6.03 Å². The molecule has 6 heteroatoms. The lowest BCUT2D eigenvalue weighted by atomic mass is 9.69. The van der Waals surface area contributed by atoms with E-state index in [2.05, 4.69) is 26.1 Å². The molecule has 0 spiro atoms. The highest BCUT2D eigenvalue weighted by molar-refractivity contribution is 6.23. The molecule has 1 N–H and O–H groups in total. The van der Waals surface area contributed by atoms with Gasteiger partial charge in [-0.1, -0.05) is 34.1 Å². The van der Waals surface area contributed by atoms with Crippen LogP contribution >= 0.6 is 0 Å². The molecule has 0 aromatic rings. The van der Waals surface area contributed by atoms with E-state index in [4.69, 9.17) is 4.99 Å². The van der Waals surface area contributed by atoms with Gasteiger partial charge in [0.05, 0.1) is 6.04 Å². The number of rotatable bonds is 5. The van der Waals surface area contributed by atoms with Crippen LogP contribution in [0.3, 0.4) is 0 Å². The van der Waals surface area contributed by atoms with Crippen molar-refractivity contribution in [2.24, 2.45) is 27.7 Å². The highest BCUT2D eigenvalue weighted by atomic mass is 16.2. The minimum Gasteiger partial charge on any atom is -0.292 e. The van der Waals surface area contributed by atoms with Crippen LogP contribution in [0.2, 0.25) is 0 Å². The molecule has 4 amide bonds. The molecule has 2 aliphatic carbocycles. The molecule has 3 fully saturated rings. The molecule has 1 aliphatic heterocycles. The predicted molar refractivity (Wildman–Crippen MR) is 95.2 cm³/mol. The zero-order valence-electron chi connectivity index (χ0n) is 15.7. The summed E-state index contributed by atoms with van der Waals surface area (Å²) in [6.45, 7) is 9.23. The second-order valence-electron chi connectivity index (χ2n) is 8.54. The normalized spacial score (nSPS) is 37.2. The maximum atomic E-state index is 12.6. The highest BCUT2D eigenvalue weighted by Gasteiger charge is 2.61. The summed E-state index contributed by atoms with van der Waals surface area (Å²) in [5.74, 6) is -1.34. The summed E-state index contributed by atoms with van der Waals surface area (Å²) in [4.78, 5) is 42.4. The first kappa shape index (κ1) is 18.1. The van der Waals surface area contributed by atoms with Crippen LogP contribution in [0.4, 0.5) is 4.79 Å². The molecule has 3 aliphatic rings. The first-order valence-electron chi connectivity index (χ1n) is 9.42. The van der Waals surface area contributed by atoms with Crippen molar-refractivity contribution < 1.29 is 14.4 Å². The first-order valence-corrected chi connectivity index (χ1v) is 9.42. The van der Waals surface area contributed by atoms with Crippen molar-refractivity contribution in [3.8, 4) is 0 Å². The number of amides is 4. The first-order chi connectivity index (χ1) is 11.7. The lowest BCUT2D eigenvalue weighted by molar-refractivity contribution is -0.139. The minimum absolute atomic E-state index is 0.111. The summed E-state index contributed by atoms with van der Waals surface area (Å²) in [5, 5.41) is 2.29. The fourth-order valence-corrected chi connectivity index (χ4v) is 4.87. The fraction of sp³-hybridized carbons (Fsp3) is 0.789. The van der Waals surface area contributed by atoms with E-state index in [1.165, 1.54) is 12.6 Å². The van der Waals surface area contributed by atoms with Crippen molar-refractivity contribution in [1.29, 1.82) is 0 Å². The Bertz CT molecular complexity index is 627. The van der Waals surface area contributed by atoms with Gasteiger partial charge in [-0.2, -0.15) is 0 Å². The number of nitrogens with zero attached hydrogens (tertiary/aromatic N) is 2. The second kappa shape index (κ2) is 6.22. The van der Waals surface area contributed by atoms with Gasteiger partial charge in [0.15, 0.2) is 5.92 Å². The summed E-state index contributed by atoms with van der Waals surface area (Å²) in [6, 6.07) is -0.468. The maximum absolute atomic E-state index is 12.6. The molecule has 1 heterocycles. The molecule has 0 aromatic heterocycles. The average Bonchev–Trinajstić information content (AvgIpc) is 2.87. The number of nitrogens with one attached hydrogen (secondary N) is 1. The van der Waals surface area contributed by atoms with Crippen LogP contribution in [0, 0.1) is 22.7 Å². The van der Waals surface area contributed by atoms with Crippen LogP contribution in [0.5, 0.6) is 0 Å². The summed E-state index contributed by atoms with van der Waals surface area (Å²) in [6.07, 6.45) is 6.49. The Labute approximate surface area is 149 Å². The number of carbonyl (C=O) groups excluding carboxylic acids is 3. The Kier molecular flexibility index (Phi) is 4.50. The maximum Gasteiger partial charge on any atom is 0.330 e. The molecule has 25 heavy (non-hydrogen) atoms. The lowest BCUT2D eigenvalue weighted by Gasteiger charge is -2.37. The van der Waals surface area contributed by atoms with Crippen molar-refractivity contribution in [3.63, 3.8) is 0 Å². The van der Waals surface area contributed by atoms with Crippen LogP contribution in [0.1, 0.15) is 59.8 Å². The SMILES string of the molecule is CCCCN1C(=O)NC(=O)[C@@H](C=N[C@H]2C[C@@H]3CC[C@]2(C)C3(C)C)C1=O. The summed E-state index contributed by atoms with van der Waals surface area (Å²) in [7, 11) is 0. The standard InChI is InChI=1S/C19H29N3O3/c1-5-6-9-22-16(24)13(15(23)21-17(22)25)11-20-14-10-12-7-8-19(14,4)18(12,2)3/h11-14H,5-10H2,1-4H3,(H,21,23,25)/t12-,13+,14-,19-/m0/s1. The Morgan fingerprint density at radius 3 is 2.56 bits per heavy atom. The molecule has 2 bridgehead atoms. The number of carbonyl (C=O) groups is 3. The molecule has 0 radical (unpaired) electrons. The van der Waals surface area contributed by atoms with Gasteiger partial charge in [0.1, 0.15) is 0 Å². The van der Waals surface area contributed by atoms with Gasteiger partial charge in [0, 0.05) is 12.8 Å². The van der Waals surface area contributed by atoms with Crippen LogP contribution in [0.25, 0.3) is 0 Å². The van der Waals surface area contributed by atoms with Crippen LogP contribution < -0.4 is 5.32 Å². The van der Waals surface area contributed by atoms with Crippen molar-refractivity contribution in [3.05, 3.63) is 0 Å². The van der Waals surface area contributed by atoms with E-state index in [-0.39, 0.29) is 16.9 Å². The van der Waals surface area contributed by atoms with Crippen LogP contribution in [-0.2, 0) is 9.59 Å². The number of fused-ring (bicyclic) bond motifs is 2. The quantitative estimate of drug-likeness (QED) is 0.613. The lowest BCUT2D eigenvalue weighted by Crippen LogP contribution is -2.58. The average molecular weight is 347 g/mol. The number of urea groups is 1. The predicted octanol–water partition coefficient (Wildman–Crippen LogP) is 2.77. The van der Waals surface area contributed by atoms with Gasteiger partial charge in [0.25, 0.3) is 0 Å². The Morgan fingerprint density at radius 2 is 2.00 bits per heavy atom. The van der Waals surface area contributed by atoms with Crippen molar-refractivity contribution in [2.75, 3.05) is 6.54 Å². The van der Waals surface area contributed by atoms with Gasteiger partial charge in [-0.15, -0.1) is 0 Å². The molecular formula is C19H29N3O3. The summed E-state index contributed by atoms with van der Waals surface area (Å²) in [5.41, 5.74) is 0.344. The Balaban J connectivity index is 1.75. The van der Waals surface area contributed by atoms with Gasteiger partial charge in [-0.3, -0.25) is 24.8 Å². The molecule has 0 aromatic carbocycles. The van der Waals surface area contributed by atoms with Crippen LogP contribution in [0.15, 0.2) is 4.99 Å². The second-order valence-corrected chi connectivity index (χ2v) is 8.54. The van der Waals surface area contributed by atoms with E-state index in [0.717, 1.165) is 30.6 Å². The van der Waals surface area contributed by atoms with E-state index in [1.807, 2.05) is 6.92 Å². The monoisotopic (exact) mass is 347 g/mol. The number of unbranched alkanes of at least 4 members (excludes halogenated alkanes) is 1. The Hall–Kier alpha value is -1.72. The number of hydrogen-bond acceptors (Lipinski definition) is 4. The molecule has 0 unspecified atom stereocenters. The number of hydrogen-bond donors (Lipinski definition) is 1. The van der Waals surface area contributed by atoms with E-state index in [1.54, 1.807) is 0 Å².